The van der Waals surface area contributed by atoms with E-state index in [0.717, 1.165) is 35.9 Å². The van der Waals surface area contributed by atoms with Crippen molar-refractivity contribution in [1.82, 2.24) is 20.6 Å². The van der Waals surface area contributed by atoms with Crippen molar-refractivity contribution in [2.75, 3.05) is 10.2 Å². The summed E-state index contributed by atoms with van der Waals surface area (Å²) in [6, 6.07) is 14.6. The minimum atomic E-state index is -0.364. The van der Waals surface area contributed by atoms with Crippen LogP contribution in [0.3, 0.4) is 0 Å². The molecule has 4 amide bonds. The molecule has 4 heterocycles. The van der Waals surface area contributed by atoms with Gasteiger partial charge in [-0.25, -0.2) is 9.78 Å². The molecular weight excluding hydrogens is 500 g/mol. The van der Waals surface area contributed by atoms with Crippen LogP contribution in [-0.2, 0) is 4.79 Å². The van der Waals surface area contributed by atoms with E-state index < -0.39 is 0 Å². The largest absolute Gasteiger partial charge is 0.351 e. The number of anilines is 3. The average Bonchev–Trinajstić information content (AvgIpc) is 3.54. The molecule has 2 atom stereocenters. The number of carbonyl (C=O) groups is 3. The van der Waals surface area contributed by atoms with Crippen LogP contribution >= 0.6 is 11.3 Å². The van der Waals surface area contributed by atoms with Gasteiger partial charge in [-0.1, -0.05) is 37.3 Å². The monoisotopic (exact) mass is 526 g/mol. The molecule has 38 heavy (non-hydrogen) atoms. The molecule has 0 radical (unpaired) electrons. The van der Waals surface area contributed by atoms with Gasteiger partial charge in [-0.15, -0.1) is 11.3 Å². The third-order valence-electron chi connectivity index (χ3n) is 7.02. The fourth-order valence-electron chi connectivity index (χ4n) is 5.17. The third kappa shape index (κ3) is 4.26. The van der Waals surface area contributed by atoms with E-state index in [1.807, 2.05) is 43.3 Å². The number of pyridine rings is 2. The summed E-state index contributed by atoms with van der Waals surface area (Å²) in [5.74, 6) is -0.304. The summed E-state index contributed by atoms with van der Waals surface area (Å²) in [5, 5.41) is 9.78. The van der Waals surface area contributed by atoms with Gasteiger partial charge >= 0.3 is 6.03 Å². The lowest BCUT2D eigenvalue weighted by Crippen LogP contribution is -2.48. The van der Waals surface area contributed by atoms with E-state index in [0.29, 0.717) is 33.2 Å². The van der Waals surface area contributed by atoms with E-state index in [1.54, 1.807) is 29.4 Å². The van der Waals surface area contributed by atoms with Gasteiger partial charge in [0.25, 0.3) is 5.91 Å². The predicted octanol–water partition coefficient (Wildman–Crippen LogP) is 5.22. The maximum absolute atomic E-state index is 13.5. The van der Waals surface area contributed by atoms with Gasteiger partial charge in [0.2, 0.25) is 5.91 Å². The summed E-state index contributed by atoms with van der Waals surface area (Å²) in [7, 11) is 0. The lowest BCUT2D eigenvalue weighted by atomic mass is 10.1. The zero-order valence-electron chi connectivity index (χ0n) is 20.7. The molecular formula is C28H26N6O3S. The van der Waals surface area contributed by atoms with Crippen LogP contribution in [0.1, 0.15) is 42.3 Å². The highest BCUT2D eigenvalue weighted by molar-refractivity contribution is 7.21. The Morgan fingerprint density at radius 3 is 2.61 bits per heavy atom. The molecule has 1 fully saturated rings. The fourth-order valence-corrected chi connectivity index (χ4v) is 6.20. The Hall–Kier alpha value is -4.31. The highest BCUT2D eigenvalue weighted by atomic mass is 32.1. The SMILES string of the molecule is CCC(=O)N[C@@H]1CCC[C@@H]1NC(=O)c1sc2nccc3c2c1NC(=O)N3c1ccnc(-c2ccccc2)c1. The van der Waals surface area contributed by atoms with Crippen LogP contribution in [0, 0.1) is 0 Å². The van der Waals surface area contributed by atoms with Crippen molar-refractivity contribution in [1.29, 1.82) is 0 Å². The minimum absolute atomic E-state index is 0.0270. The number of carbonyl (C=O) groups excluding carboxylic acids is 3. The molecule has 3 aromatic heterocycles. The number of hydrogen-bond donors (Lipinski definition) is 3. The number of amides is 4. The van der Waals surface area contributed by atoms with Crippen molar-refractivity contribution in [2.45, 2.75) is 44.7 Å². The van der Waals surface area contributed by atoms with E-state index in [9.17, 15) is 14.4 Å². The lowest BCUT2D eigenvalue weighted by molar-refractivity contribution is -0.121. The summed E-state index contributed by atoms with van der Waals surface area (Å²) in [6.07, 6.45) is 6.27. The smallest absolute Gasteiger partial charge is 0.331 e. The first-order valence-electron chi connectivity index (χ1n) is 12.7. The van der Waals surface area contributed by atoms with Crippen LogP contribution in [0.2, 0.25) is 0 Å². The second kappa shape index (κ2) is 9.86. The molecule has 192 valence electrons. The van der Waals surface area contributed by atoms with Gasteiger partial charge in [-0.2, -0.15) is 0 Å². The van der Waals surface area contributed by atoms with E-state index in [4.69, 9.17) is 0 Å². The lowest BCUT2D eigenvalue weighted by Gasteiger charge is -2.28. The van der Waals surface area contributed by atoms with Crippen LogP contribution in [0.4, 0.5) is 21.9 Å². The molecule has 0 saturated heterocycles. The third-order valence-corrected chi connectivity index (χ3v) is 8.12. The normalized spacial score (nSPS) is 18.3. The number of nitrogens with one attached hydrogen (secondary N) is 3. The maximum atomic E-state index is 13.5. The molecule has 10 heteroatoms. The second-order valence-electron chi connectivity index (χ2n) is 9.39. The van der Waals surface area contributed by atoms with Crippen molar-refractivity contribution in [3.8, 4) is 11.3 Å². The molecule has 1 aliphatic carbocycles. The first-order valence-corrected chi connectivity index (χ1v) is 13.5. The summed E-state index contributed by atoms with van der Waals surface area (Å²) in [6.45, 7) is 1.81. The van der Waals surface area contributed by atoms with Crippen molar-refractivity contribution in [3.05, 3.63) is 65.8 Å². The number of aromatic nitrogens is 2. The maximum Gasteiger partial charge on any atom is 0.331 e. The number of nitrogens with zero attached hydrogens (tertiary/aromatic N) is 3. The molecule has 9 nitrogen and oxygen atoms in total. The quantitative estimate of drug-likeness (QED) is 0.319. The first-order chi connectivity index (χ1) is 18.5. The van der Waals surface area contributed by atoms with Crippen molar-refractivity contribution < 1.29 is 14.4 Å². The first kappa shape index (κ1) is 24.1. The standard InChI is InChI=1S/C28H26N6O3S/c1-2-22(35)31-18-9-6-10-19(18)32-26(36)25-24-23-21(12-14-30-27(23)38-25)34(28(37)33-24)17-11-13-29-20(15-17)16-7-4-3-5-8-16/h3-5,7-8,11-15,18-19H,2,6,9-10H2,1H3,(H,31,35)(H,32,36)(H,33,37)/t18-,19+/m1/s1. The summed E-state index contributed by atoms with van der Waals surface area (Å²) >= 11 is 1.25. The molecule has 4 aromatic rings. The van der Waals surface area contributed by atoms with Crippen molar-refractivity contribution in [3.63, 3.8) is 0 Å². The topological polar surface area (TPSA) is 116 Å². The molecule has 6 rings (SSSR count). The summed E-state index contributed by atoms with van der Waals surface area (Å²) < 4.78 is 0. The van der Waals surface area contributed by atoms with E-state index in [-0.39, 0.29) is 29.9 Å². The Morgan fingerprint density at radius 2 is 1.82 bits per heavy atom. The van der Waals surface area contributed by atoms with Crippen molar-refractivity contribution in [2.24, 2.45) is 0 Å². The summed E-state index contributed by atoms with van der Waals surface area (Å²) in [4.78, 5) is 50.5. The zero-order valence-corrected chi connectivity index (χ0v) is 21.5. The summed E-state index contributed by atoms with van der Waals surface area (Å²) in [5.41, 5.74) is 3.48. The van der Waals surface area contributed by atoms with Crippen LogP contribution in [-0.4, -0.2) is 39.9 Å². The molecule has 0 bridgehead atoms. The van der Waals surface area contributed by atoms with Gasteiger partial charge in [0.15, 0.2) is 0 Å². The molecule has 1 aliphatic heterocycles. The van der Waals surface area contributed by atoms with Gasteiger partial charge in [-0.3, -0.25) is 19.5 Å². The molecule has 0 spiro atoms. The Kier molecular flexibility index (Phi) is 6.24. The minimum Gasteiger partial charge on any atom is -0.351 e. The molecule has 2 aliphatic rings. The number of thiophene rings is 1. The molecule has 1 saturated carbocycles. The Morgan fingerprint density at radius 1 is 1.05 bits per heavy atom. The van der Waals surface area contributed by atoms with Crippen LogP contribution in [0.5, 0.6) is 0 Å². The molecule has 0 unspecified atom stereocenters. The fraction of sp³-hybridized carbons (Fsp3) is 0.250. The van der Waals surface area contributed by atoms with Gasteiger partial charge in [0.1, 0.15) is 9.71 Å². The van der Waals surface area contributed by atoms with Gasteiger partial charge < -0.3 is 16.0 Å². The molecule has 1 aromatic carbocycles. The number of rotatable bonds is 6. The Bertz CT molecular complexity index is 1550. The Balaban J connectivity index is 1.34. The predicted molar refractivity (Wildman–Crippen MR) is 148 cm³/mol. The number of urea groups is 1. The number of benzene rings is 1. The number of hydrogen-bond acceptors (Lipinski definition) is 6. The van der Waals surface area contributed by atoms with E-state index in [2.05, 4.69) is 25.9 Å². The second-order valence-corrected chi connectivity index (χ2v) is 10.4. The zero-order chi connectivity index (χ0) is 26.2. The molecule has 3 N–H and O–H groups in total. The van der Waals surface area contributed by atoms with Gasteiger partial charge in [-0.05, 0) is 37.5 Å². The van der Waals surface area contributed by atoms with Gasteiger partial charge in [0.05, 0.1) is 28.1 Å². The van der Waals surface area contributed by atoms with Gasteiger partial charge in [0, 0.05) is 36.5 Å². The Labute approximate surface area is 223 Å². The highest BCUT2D eigenvalue weighted by Crippen LogP contribution is 2.46. The highest BCUT2D eigenvalue weighted by Gasteiger charge is 2.35. The van der Waals surface area contributed by atoms with E-state index in [1.165, 1.54) is 11.3 Å². The van der Waals surface area contributed by atoms with Crippen LogP contribution in [0.15, 0.2) is 60.9 Å². The van der Waals surface area contributed by atoms with Crippen molar-refractivity contribution >= 4 is 56.5 Å². The van der Waals surface area contributed by atoms with Crippen LogP contribution in [0.25, 0.3) is 21.5 Å². The van der Waals surface area contributed by atoms with Crippen LogP contribution < -0.4 is 20.9 Å². The average molecular weight is 527 g/mol. The van der Waals surface area contributed by atoms with E-state index >= 15 is 0 Å².